The van der Waals surface area contributed by atoms with E-state index in [0.29, 0.717) is 102 Å². The summed E-state index contributed by atoms with van der Waals surface area (Å²) in [5, 5.41) is 59.9. The number of aromatic carboxylic acids is 1. The third-order valence-corrected chi connectivity index (χ3v) is 15.7. The number of carboxylic acids is 1. The highest BCUT2D eigenvalue weighted by Gasteiger charge is 2.23. The van der Waals surface area contributed by atoms with Crippen LogP contribution in [0.3, 0.4) is 0 Å². The number of aliphatic hydroxyl groups excluding tert-OH is 1. The number of aromatic nitrogens is 14. The molecule has 6 heterocycles. The number of carboxylic acid groups (broad SMARTS) is 1. The molecule has 0 amide bonds. The highest BCUT2D eigenvalue weighted by Crippen LogP contribution is 2.36. The average molecular weight is 1400 g/mol. The van der Waals surface area contributed by atoms with Crippen LogP contribution >= 0.6 is 0 Å². The van der Waals surface area contributed by atoms with Gasteiger partial charge in [0.1, 0.15) is 69.4 Å². The Kier molecular flexibility index (Phi) is 22.3. The van der Waals surface area contributed by atoms with E-state index in [1.165, 1.54) is 80.9 Å². The van der Waals surface area contributed by atoms with Crippen molar-refractivity contribution in [1.29, 1.82) is 0 Å². The summed E-state index contributed by atoms with van der Waals surface area (Å²) in [6, 6.07) is 37.3. The van der Waals surface area contributed by atoms with Gasteiger partial charge in [0.15, 0.2) is 29.1 Å². The Bertz CT molecular complexity index is 5520. The van der Waals surface area contributed by atoms with E-state index in [2.05, 4.69) is 66.3 Å². The minimum absolute atomic E-state index is 0.0680. The van der Waals surface area contributed by atoms with Crippen molar-refractivity contribution in [3.05, 3.63) is 248 Å². The minimum atomic E-state index is -1.07. The van der Waals surface area contributed by atoms with Crippen molar-refractivity contribution >= 4 is 104 Å². The van der Waals surface area contributed by atoms with Crippen molar-refractivity contribution in [3.63, 3.8) is 0 Å². The SMILES string of the molecule is CCOC(=O)c1ccc2c(c(/C=C/c3cccc(F)c3)nn2C)c1OC.CNCc1nc(-c2cc(F)c3n[nH]c(/C=C/c4ccc(F)cc4)c3c2)n[nH]1.COc1c(C(=O)O)ccc2c1c(/C=C/c1cccc(F)c1)nn2C.OCc1nc(-c2cc(F)c3n[nH]c(/C=C/c4ccc(F)cc4)c3c2)n[nH]1. The number of esters is 1. The second kappa shape index (κ2) is 32.3. The van der Waals surface area contributed by atoms with Gasteiger partial charge in [-0.2, -0.15) is 30.6 Å². The maximum Gasteiger partial charge on any atom is 0.341 e. The number of halogens is 6. The molecule has 7 N–H and O–H groups in total. The van der Waals surface area contributed by atoms with Gasteiger partial charge < -0.3 is 29.7 Å². The predicted octanol–water partition coefficient (Wildman–Crippen LogP) is 14.5. The number of carbonyl (C=O) groups excluding carboxylic acids is 1. The van der Waals surface area contributed by atoms with Gasteiger partial charge in [0.05, 0.1) is 72.0 Å². The number of hydrogen-bond donors (Lipinski definition) is 7. The van der Waals surface area contributed by atoms with Crippen LogP contribution in [0.1, 0.15) is 84.3 Å². The van der Waals surface area contributed by atoms with Crippen LogP contribution in [0, 0.1) is 34.9 Å². The molecule has 522 valence electrons. The van der Waals surface area contributed by atoms with Gasteiger partial charge in [0.25, 0.3) is 0 Å². The number of aliphatic hydroxyl groups is 1. The van der Waals surface area contributed by atoms with Crippen molar-refractivity contribution in [2.45, 2.75) is 20.1 Å². The zero-order valence-electron chi connectivity index (χ0n) is 55.8. The quantitative estimate of drug-likeness (QED) is 0.0310. The number of carbonyl (C=O) groups is 2. The summed E-state index contributed by atoms with van der Waals surface area (Å²) in [5.74, 6) is -1.40. The summed E-state index contributed by atoms with van der Waals surface area (Å²) >= 11 is 0. The lowest BCUT2D eigenvalue weighted by atomic mass is 10.1. The predicted molar refractivity (Wildman–Crippen MR) is 380 cm³/mol. The molecule has 0 saturated heterocycles. The fourth-order valence-electron chi connectivity index (χ4n) is 10.9. The second-order valence-corrected chi connectivity index (χ2v) is 22.6. The molecular weight excluding hydrogens is 1340 g/mol. The molecule has 0 saturated carbocycles. The summed E-state index contributed by atoms with van der Waals surface area (Å²) < 4.78 is 101. The van der Waals surface area contributed by atoms with Crippen molar-refractivity contribution < 1.29 is 60.4 Å². The lowest BCUT2D eigenvalue weighted by molar-refractivity contribution is 0.0522. The molecule has 14 aromatic rings. The number of fused-ring (bicyclic) bond motifs is 4. The third-order valence-electron chi connectivity index (χ3n) is 15.7. The van der Waals surface area contributed by atoms with Crippen LogP contribution in [0.15, 0.2) is 146 Å². The third kappa shape index (κ3) is 16.6. The summed E-state index contributed by atoms with van der Waals surface area (Å²) in [5.41, 5.74) is 8.85. The van der Waals surface area contributed by atoms with Crippen LogP contribution < -0.4 is 14.8 Å². The van der Waals surface area contributed by atoms with Crippen LogP contribution in [0.4, 0.5) is 26.3 Å². The lowest BCUT2D eigenvalue weighted by Crippen LogP contribution is -2.07. The first-order valence-electron chi connectivity index (χ1n) is 31.5. The first kappa shape index (κ1) is 71.2. The van der Waals surface area contributed by atoms with E-state index in [-0.39, 0.29) is 64.7 Å². The Morgan fingerprint density at radius 1 is 0.515 bits per heavy atom. The molecule has 14 rings (SSSR count). The summed E-state index contributed by atoms with van der Waals surface area (Å²) in [6.07, 6.45) is 14.1. The molecule has 0 spiro atoms. The summed E-state index contributed by atoms with van der Waals surface area (Å²) in [4.78, 5) is 32.1. The second-order valence-electron chi connectivity index (χ2n) is 22.6. The number of nitrogens with one attached hydrogen (secondary N) is 5. The number of rotatable bonds is 18. The Morgan fingerprint density at radius 2 is 0.961 bits per heavy atom. The number of H-pyrrole nitrogens is 4. The van der Waals surface area contributed by atoms with E-state index >= 15 is 0 Å². The van der Waals surface area contributed by atoms with E-state index < -0.39 is 23.6 Å². The molecule has 0 aliphatic heterocycles. The van der Waals surface area contributed by atoms with Gasteiger partial charge in [0, 0.05) is 36.0 Å². The van der Waals surface area contributed by atoms with E-state index in [4.69, 9.17) is 19.3 Å². The highest BCUT2D eigenvalue weighted by atomic mass is 19.1. The monoisotopic (exact) mass is 1400 g/mol. The standard InChI is InChI=1S/C20H19FN2O3.C19H16F2N6.C18H13F2N5O.C18H15FN2O3/c1-4-26-20(24)15-9-11-17-18(19(15)25-3)16(22-23(17)2)10-8-13-6-5-7-14(21)12-13;1-22-10-17-23-19(27-25-17)12-8-14-16(24-26-18(14)15(21)9-12)7-4-11-2-5-13(20)6-3-11;19-12-4-1-10(2-5-12)3-6-15-13-7-11(8-14(20)17(13)24-22-15)18-21-16(9-26)23-25-18;1-21-15-9-7-13(18(22)23)17(24-2)16(15)14(20-21)8-6-11-4-3-5-12(19)10-11/h5-12H,4H2,1-3H3;2-9,22H,10H2,1H3,(H,24,26)(H,23,25,27);1-8,26H,9H2,(H,22,24)(H,21,23,25);3-10H,1-2H3,(H,22,23)/b10-8+;7-4+;6-3+;8-6+. The van der Waals surface area contributed by atoms with Crippen molar-refractivity contribution in [3.8, 4) is 34.3 Å². The molecule has 0 atom stereocenters. The van der Waals surface area contributed by atoms with Gasteiger partial charge >= 0.3 is 11.9 Å². The summed E-state index contributed by atoms with van der Waals surface area (Å²) in [7, 11) is 8.31. The van der Waals surface area contributed by atoms with Gasteiger partial charge in [-0.15, -0.1) is 0 Å². The molecule has 0 fully saturated rings. The molecule has 0 radical (unpaired) electrons. The summed E-state index contributed by atoms with van der Waals surface area (Å²) in [6.45, 7) is 2.28. The first-order valence-corrected chi connectivity index (χ1v) is 31.5. The zero-order valence-corrected chi connectivity index (χ0v) is 55.8. The van der Waals surface area contributed by atoms with Gasteiger partial charge in [-0.1, -0.05) is 72.8 Å². The molecule has 103 heavy (non-hydrogen) atoms. The van der Waals surface area contributed by atoms with Crippen LogP contribution in [0.2, 0.25) is 0 Å². The van der Waals surface area contributed by atoms with E-state index in [9.17, 15) is 41.0 Å². The molecule has 22 nitrogen and oxygen atoms in total. The van der Waals surface area contributed by atoms with Gasteiger partial charge in [0.2, 0.25) is 0 Å². The normalized spacial score (nSPS) is 11.5. The van der Waals surface area contributed by atoms with Crippen LogP contribution in [-0.4, -0.2) is 120 Å². The van der Waals surface area contributed by atoms with Crippen molar-refractivity contribution in [2.24, 2.45) is 14.1 Å². The maximum absolute atomic E-state index is 14.5. The molecule has 0 aliphatic rings. The first-order chi connectivity index (χ1) is 49.8. The lowest BCUT2D eigenvalue weighted by Gasteiger charge is -2.09. The number of methoxy groups -OCH3 is 2. The van der Waals surface area contributed by atoms with Crippen LogP contribution in [0.25, 0.3) is 115 Å². The average Bonchev–Trinajstić information content (AvgIpc) is 1.67. The zero-order chi connectivity index (χ0) is 72.8. The Balaban J connectivity index is 0.000000138. The molecule has 0 bridgehead atoms. The van der Waals surface area contributed by atoms with E-state index in [1.54, 1.807) is 158 Å². The topological polar surface area (TPSA) is 290 Å². The smallest absolute Gasteiger partial charge is 0.341 e. The van der Waals surface area contributed by atoms with Gasteiger partial charge in [-0.3, -0.25) is 29.8 Å². The maximum atomic E-state index is 14.5. The molecule has 0 unspecified atom stereocenters. The van der Waals surface area contributed by atoms with Gasteiger partial charge in [-0.25, -0.2) is 45.9 Å². The molecular formula is C75H63F6N15O7. The molecule has 0 aliphatic carbocycles. The Morgan fingerprint density at radius 3 is 1.39 bits per heavy atom. The Labute approximate surface area is 582 Å². The van der Waals surface area contributed by atoms with E-state index in [1.807, 2.05) is 7.05 Å². The van der Waals surface area contributed by atoms with E-state index in [0.717, 1.165) is 22.2 Å². The molecule has 8 aromatic carbocycles. The number of hydrogen-bond acceptors (Lipinski definition) is 15. The molecule has 28 heteroatoms. The number of nitrogens with zero attached hydrogens (tertiary/aromatic N) is 10. The van der Waals surface area contributed by atoms with Crippen LogP contribution in [0.5, 0.6) is 11.5 Å². The largest absolute Gasteiger partial charge is 0.495 e. The number of aryl methyl sites for hydroxylation is 2. The van der Waals surface area contributed by atoms with Gasteiger partial charge in [-0.05, 0) is 158 Å². The highest BCUT2D eigenvalue weighted by molar-refractivity contribution is 6.05. The Hall–Kier alpha value is -13.1. The van der Waals surface area contributed by atoms with Crippen molar-refractivity contribution in [1.82, 2.24) is 75.6 Å². The molecule has 6 aromatic heterocycles. The van der Waals surface area contributed by atoms with Crippen molar-refractivity contribution in [2.75, 3.05) is 27.9 Å². The fraction of sp³-hybridized carbons (Fsp3) is 0.120. The number of benzene rings is 8. The number of ether oxygens (including phenoxy) is 3. The van der Waals surface area contributed by atoms with Crippen LogP contribution in [-0.2, 0) is 32.0 Å². The fourth-order valence-corrected chi connectivity index (χ4v) is 10.9. The minimum Gasteiger partial charge on any atom is -0.495 e. The number of aromatic amines is 4.